The van der Waals surface area contributed by atoms with Crippen molar-refractivity contribution in [3.8, 4) is 0 Å². The lowest BCUT2D eigenvalue weighted by Crippen LogP contribution is -2.42. The molecule has 1 aliphatic heterocycles. The van der Waals surface area contributed by atoms with Crippen molar-refractivity contribution in [2.45, 2.75) is 30.0 Å². The molecule has 3 aromatic rings. The number of benzene rings is 3. The molecule has 1 heterocycles. The number of sulfonamides is 1. The molecule has 10 heteroatoms. The van der Waals surface area contributed by atoms with Crippen LogP contribution in [0.15, 0.2) is 89.8 Å². The number of nitrogens with zero attached hydrogens (tertiary/aromatic N) is 2. The van der Waals surface area contributed by atoms with Crippen LogP contribution in [0.5, 0.6) is 0 Å². The molecule has 0 bridgehead atoms. The summed E-state index contributed by atoms with van der Waals surface area (Å²) in [5.74, 6) is 0. The third-order valence-electron chi connectivity index (χ3n) is 5.54. The van der Waals surface area contributed by atoms with Crippen molar-refractivity contribution in [3.63, 3.8) is 0 Å². The van der Waals surface area contributed by atoms with Gasteiger partial charge in [0.2, 0.25) is 10.0 Å². The maximum absolute atomic E-state index is 13.1. The fourth-order valence-electron chi connectivity index (χ4n) is 3.68. The smallest absolute Gasteiger partial charge is 0.407 e. The predicted molar refractivity (Wildman–Crippen MR) is 124 cm³/mol. The molecular formula is C24H23N3O6S. The van der Waals surface area contributed by atoms with Crippen LogP contribution in [0.2, 0.25) is 0 Å². The highest BCUT2D eigenvalue weighted by Crippen LogP contribution is 2.32. The van der Waals surface area contributed by atoms with Crippen molar-refractivity contribution >= 4 is 21.8 Å². The number of rotatable bonds is 9. The number of amides is 1. The highest BCUT2D eigenvalue weighted by molar-refractivity contribution is 7.89. The summed E-state index contributed by atoms with van der Waals surface area (Å²) in [7, 11) is -3.87. The monoisotopic (exact) mass is 481 g/mol. The van der Waals surface area contributed by atoms with E-state index in [1.54, 1.807) is 0 Å². The van der Waals surface area contributed by atoms with Gasteiger partial charge in [-0.1, -0.05) is 60.7 Å². The van der Waals surface area contributed by atoms with Gasteiger partial charge in [-0.2, -0.15) is 4.31 Å². The Labute approximate surface area is 197 Å². The van der Waals surface area contributed by atoms with Gasteiger partial charge in [-0.15, -0.1) is 0 Å². The standard InChI is InChI=1S/C24H23N3O6S/c28-24(33-17-19-9-5-2-6-10-19)25-22(15-18-7-3-1-4-8-18)23-16-26(23)34(31,32)21-13-11-20(12-14-21)27(29)30/h1-14,22-23H,15-17H2,(H,25,28)/t22-,23-,26?/m0/s1. The Morgan fingerprint density at radius 2 is 1.59 bits per heavy atom. The lowest BCUT2D eigenvalue weighted by Gasteiger charge is -2.19. The summed E-state index contributed by atoms with van der Waals surface area (Å²) < 4.78 is 32.7. The summed E-state index contributed by atoms with van der Waals surface area (Å²) in [5.41, 5.74) is 1.59. The number of hydrogen-bond donors (Lipinski definition) is 1. The number of nitro benzene ring substituents is 1. The lowest BCUT2D eigenvalue weighted by molar-refractivity contribution is -0.384. The molecule has 9 nitrogen and oxygen atoms in total. The topological polar surface area (TPSA) is 119 Å². The highest BCUT2D eigenvalue weighted by Gasteiger charge is 2.49. The first-order chi connectivity index (χ1) is 16.3. The molecule has 0 spiro atoms. The first-order valence-corrected chi connectivity index (χ1v) is 12.1. The van der Waals surface area contributed by atoms with Crippen molar-refractivity contribution < 1.29 is 22.9 Å². The summed E-state index contributed by atoms with van der Waals surface area (Å²) in [5, 5.41) is 13.7. The van der Waals surface area contributed by atoms with Crippen LogP contribution in [0.3, 0.4) is 0 Å². The van der Waals surface area contributed by atoms with Gasteiger partial charge >= 0.3 is 6.09 Å². The number of non-ortho nitro benzene ring substituents is 1. The van der Waals surface area contributed by atoms with Gasteiger partial charge < -0.3 is 10.1 Å². The Hall–Kier alpha value is -3.76. The Morgan fingerprint density at radius 1 is 1.00 bits per heavy atom. The van der Waals surface area contributed by atoms with Crippen molar-refractivity contribution in [1.82, 2.24) is 9.62 Å². The van der Waals surface area contributed by atoms with Gasteiger partial charge in [0.25, 0.3) is 5.69 Å². The zero-order chi connectivity index (χ0) is 24.1. The molecule has 0 aromatic heterocycles. The molecule has 1 unspecified atom stereocenters. The highest BCUT2D eigenvalue weighted by atomic mass is 32.2. The normalized spacial score (nSPS) is 18.0. The molecule has 1 amide bonds. The first kappa shape index (κ1) is 23.4. The third kappa shape index (κ3) is 5.59. The van der Waals surface area contributed by atoms with Gasteiger partial charge in [0.05, 0.1) is 21.9 Å². The minimum atomic E-state index is -3.87. The molecule has 0 saturated carbocycles. The number of ether oxygens (including phenoxy) is 1. The minimum absolute atomic E-state index is 0.0364. The molecule has 1 aliphatic rings. The molecule has 1 fully saturated rings. The number of alkyl carbamates (subject to hydrolysis) is 1. The Balaban J connectivity index is 1.46. The fourth-order valence-corrected chi connectivity index (χ4v) is 5.29. The van der Waals surface area contributed by atoms with E-state index >= 15 is 0 Å². The van der Waals surface area contributed by atoms with E-state index in [9.17, 15) is 23.3 Å². The molecule has 0 radical (unpaired) electrons. The van der Waals surface area contributed by atoms with Crippen LogP contribution >= 0.6 is 0 Å². The molecular weight excluding hydrogens is 458 g/mol. The maximum atomic E-state index is 13.1. The van der Waals surface area contributed by atoms with Crippen molar-refractivity contribution in [2.75, 3.05) is 6.54 Å². The second-order valence-corrected chi connectivity index (χ2v) is 9.79. The van der Waals surface area contributed by atoms with Crippen LogP contribution in [0.4, 0.5) is 10.5 Å². The molecule has 0 aliphatic carbocycles. The Kier molecular flexibility index (Phi) is 6.90. The predicted octanol–water partition coefficient (Wildman–Crippen LogP) is 3.51. The van der Waals surface area contributed by atoms with Crippen molar-refractivity contribution in [3.05, 3.63) is 106 Å². The number of nitrogens with one attached hydrogen (secondary N) is 1. The zero-order valence-electron chi connectivity index (χ0n) is 18.1. The zero-order valence-corrected chi connectivity index (χ0v) is 18.9. The third-order valence-corrected chi connectivity index (χ3v) is 7.44. The summed E-state index contributed by atoms with van der Waals surface area (Å²) in [4.78, 5) is 22.8. The average molecular weight is 482 g/mol. The second-order valence-electron chi connectivity index (χ2n) is 7.90. The quantitative estimate of drug-likeness (QED) is 0.284. The van der Waals surface area contributed by atoms with E-state index < -0.39 is 33.1 Å². The lowest BCUT2D eigenvalue weighted by atomic mass is 10.0. The summed E-state index contributed by atoms with van der Waals surface area (Å²) in [6.07, 6.45) is -0.220. The summed E-state index contributed by atoms with van der Waals surface area (Å²) in [6.45, 7) is 0.315. The largest absolute Gasteiger partial charge is 0.445 e. The second kappa shape index (κ2) is 10.0. The van der Waals surface area contributed by atoms with E-state index in [1.165, 1.54) is 16.4 Å². The minimum Gasteiger partial charge on any atom is -0.445 e. The van der Waals surface area contributed by atoms with Gasteiger partial charge in [-0.25, -0.2) is 13.2 Å². The number of carbonyl (C=O) groups is 1. The van der Waals surface area contributed by atoms with Crippen LogP contribution in [-0.4, -0.2) is 42.4 Å². The Morgan fingerprint density at radius 3 is 2.18 bits per heavy atom. The van der Waals surface area contributed by atoms with E-state index in [0.29, 0.717) is 6.42 Å². The molecule has 1 N–H and O–H groups in total. The molecule has 34 heavy (non-hydrogen) atoms. The van der Waals surface area contributed by atoms with Crippen LogP contribution in [0.25, 0.3) is 0 Å². The van der Waals surface area contributed by atoms with Gasteiger partial charge in [-0.3, -0.25) is 10.1 Å². The average Bonchev–Trinajstić information content (AvgIpc) is 3.66. The number of hydrogen-bond acceptors (Lipinski definition) is 6. The van der Waals surface area contributed by atoms with E-state index in [-0.39, 0.29) is 23.7 Å². The molecule has 3 aromatic carbocycles. The van der Waals surface area contributed by atoms with E-state index in [4.69, 9.17) is 4.74 Å². The van der Waals surface area contributed by atoms with Crippen molar-refractivity contribution in [2.24, 2.45) is 0 Å². The molecule has 3 atom stereocenters. The van der Waals surface area contributed by atoms with E-state index in [1.807, 2.05) is 60.7 Å². The van der Waals surface area contributed by atoms with Crippen molar-refractivity contribution in [1.29, 1.82) is 0 Å². The molecule has 1 saturated heterocycles. The first-order valence-electron chi connectivity index (χ1n) is 10.6. The number of carbonyl (C=O) groups excluding carboxylic acids is 1. The van der Waals surface area contributed by atoms with Gasteiger partial charge in [0.1, 0.15) is 6.61 Å². The summed E-state index contributed by atoms with van der Waals surface area (Å²) >= 11 is 0. The van der Waals surface area contributed by atoms with Crippen LogP contribution in [0.1, 0.15) is 11.1 Å². The maximum Gasteiger partial charge on any atom is 0.407 e. The fraction of sp³-hybridized carbons (Fsp3) is 0.208. The van der Waals surface area contributed by atoms with E-state index in [0.717, 1.165) is 23.3 Å². The van der Waals surface area contributed by atoms with E-state index in [2.05, 4.69) is 5.32 Å². The van der Waals surface area contributed by atoms with Gasteiger partial charge in [-0.05, 0) is 29.7 Å². The van der Waals surface area contributed by atoms with Crippen LogP contribution < -0.4 is 5.32 Å². The Bertz CT molecular complexity index is 1250. The molecule has 4 rings (SSSR count). The SMILES string of the molecule is O=C(N[C@@H](Cc1ccccc1)[C@@H]1CN1S(=O)(=O)c1ccc([N+](=O)[O-])cc1)OCc1ccccc1. The summed E-state index contributed by atoms with van der Waals surface area (Å²) in [6, 6.07) is 22.4. The number of nitro groups is 1. The van der Waals surface area contributed by atoms with Crippen LogP contribution in [0, 0.1) is 10.1 Å². The van der Waals surface area contributed by atoms with Gasteiger partial charge in [0, 0.05) is 18.7 Å². The van der Waals surface area contributed by atoms with Gasteiger partial charge in [0.15, 0.2) is 0 Å². The van der Waals surface area contributed by atoms with Crippen LogP contribution in [-0.2, 0) is 27.8 Å². The molecule has 176 valence electrons.